The first-order valence-electron chi connectivity index (χ1n) is 12.0. The zero-order valence-electron chi connectivity index (χ0n) is 20.8. The van der Waals surface area contributed by atoms with Crippen LogP contribution in [0, 0.1) is 5.41 Å². The minimum absolute atomic E-state index is 0.0385. The van der Waals surface area contributed by atoms with Crippen molar-refractivity contribution in [2.45, 2.75) is 24.4 Å². The summed E-state index contributed by atoms with van der Waals surface area (Å²) in [6.07, 6.45) is 4.97. The molecule has 1 aromatic carbocycles. The summed E-state index contributed by atoms with van der Waals surface area (Å²) >= 11 is 0. The largest absolute Gasteiger partial charge is 0.416 e. The van der Waals surface area contributed by atoms with E-state index in [1.807, 2.05) is 4.90 Å². The van der Waals surface area contributed by atoms with Crippen LogP contribution in [0.4, 0.5) is 24.7 Å². The van der Waals surface area contributed by atoms with Gasteiger partial charge in [-0.25, -0.2) is 13.4 Å². The molecule has 2 heterocycles. The summed E-state index contributed by atoms with van der Waals surface area (Å²) < 4.78 is 64.6. The van der Waals surface area contributed by atoms with E-state index in [1.54, 1.807) is 40.1 Å². The maximum atomic E-state index is 13.1. The Morgan fingerprint density at radius 3 is 2.58 bits per heavy atom. The molecule has 38 heavy (non-hydrogen) atoms. The van der Waals surface area contributed by atoms with Gasteiger partial charge in [-0.15, -0.1) is 0 Å². The zero-order chi connectivity index (χ0) is 27.5. The van der Waals surface area contributed by atoms with Crippen molar-refractivity contribution in [1.82, 2.24) is 14.5 Å². The lowest BCUT2D eigenvalue weighted by Gasteiger charge is -2.36. The Bertz CT molecular complexity index is 1360. The molecule has 204 valence electrons. The number of imidazole rings is 1. The molecule has 0 bridgehead atoms. The predicted octanol–water partition coefficient (Wildman–Crippen LogP) is 3.07. The van der Waals surface area contributed by atoms with Gasteiger partial charge >= 0.3 is 6.18 Å². The number of anilines is 2. The van der Waals surface area contributed by atoms with E-state index >= 15 is 0 Å². The number of alkyl halides is 3. The highest BCUT2D eigenvalue weighted by Gasteiger charge is 2.31. The average Bonchev–Trinajstić information content (AvgIpc) is 3.29. The second-order valence-corrected chi connectivity index (χ2v) is 11.5. The van der Waals surface area contributed by atoms with Gasteiger partial charge in [0, 0.05) is 44.3 Å². The third-order valence-corrected chi connectivity index (χ3v) is 8.04. The molecule has 0 radical (unpaired) electrons. The van der Waals surface area contributed by atoms with Crippen LogP contribution in [-0.2, 0) is 27.4 Å². The number of carbonyl (C=O) groups is 1. The lowest BCUT2D eigenvalue weighted by atomic mass is 10.0. The van der Waals surface area contributed by atoms with Gasteiger partial charge in [0.1, 0.15) is 11.5 Å². The maximum Gasteiger partial charge on any atom is 0.416 e. The number of amides is 1. The van der Waals surface area contributed by atoms with Gasteiger partial charge in [-0.3, -0.25) is 4.79 Å². The maximum absolute atomic E-state index is 13.1. The van der Waals surface area contributed by atoms with Gasteiger partial charge in [0.25, 0.3) is 0 Å². The lowest BCUT2D eigenvalue weighted by molar-refractivity contribution is -0.137. The Morgan fingerprint density at radius 1 is 1.24 bits per heavy atom. The molecule has 1 saturated heterocycles. The number of sulfone groups is 1. The van der Waals surface area contributed by atoms with Crippen LogP contribution in [0.15, 0.2) is 48.8 Å². The van der Waals surface area contributed by atoms with Gasteiger partial charge < -0.3 is 25.1 Å². The summed E-state index contributed by atoms with van der Waals surface area (Å²) in [6.45, 7) is 1.74. The summed E-state index contributed by atoms with van der Waals surface area (Å²) in [5.74, 6) is 0.366. The van der Waals surface area contributed by atoms with Crippen molar-refractivity contribution in [3.05, 3.63) is 60.1 Å². The molecule has 0 saturated carbocycles. The topological polar surface area (TPSA) is 111 Å². The third-order valence-electron chi connectivity index (χ3n) is 6.59. The summed E-state index contributed by atoms with van der Waals surface area (Å²) in [4.78, 5) is 20.9. The Morgan fingerprint density at radius 2 is 1.97 bits per heavy atom. The van der Waals surface area contributed by atoms with E-state index < -0.39 is 26.8 Å². The fraction of sp³-hybridized carbons (Fsp3) is 0.400. The highest BCUT2D eigenvalue weighted by atomic mass is 32.2. The smallest absolute Gasteiger partial charge is 0.368 e. The number of allylic oxidation sites excluding steroid dienone is 3. The Kier molecular flexibility index (Phi) is 7.95. The fourth-order valence-corrected chi connectivity index (χ4v) is 5.28. The third kappa shape index (κ3) is 6.26. The fourth-order valence-electron chi connectivity index (χ4n) is 4.47. The molecular formula is C25H29F3N6O3S. The summed E-state index contributed by atoms with van der Waals surface area (Å²) in [6, 6.07) is 5.17. The number of hydrogen-bond acceptors (Lipinski definition) is 7. The highest BCUT2D eigenvalue weighted by molar-refractivity contribution is 7.91. The van der Waals surface area contributed by atoms with Crippen LogP contribution in [0.1, 0.15) is 17.7 Å². The minimum atomic E-state index is -4.42. The number of benzene rings is 1. The van der Waals surface area contributed by atoms with Crippen LogP contribution < -0.4 is 10.2 Å². The average molecular weight is 551 g/mol. The number of nitrogens with one attached hydrogen (secondary N) is 2. The predicted molar refractivity (Wildman–Crippen MR) is 140 cm³/mol. The van der Waals surface area contributed by atoms with Gasteiger partial charge in [0.15, 0.2) is 9.84 Å². The second-order valence-electron chi connectivity index (χ2n) is 9.19. The number of piperazine rings is 1. The summed E-state index contributed by atoms with van der Waals surface area (Å²) in [5.41, 5.74) is 1.04. The van der Waals surface area contributed by atoms with Crippen LogP contribution >= 0.6 is 0 Å². The molecule has 1 fully saturated rings. The van der Waals surface area contributed by atoms with Crippen molar-refractivity contribution in [3.63, 3.8) is 0 Å². The number of aromatic nitrogens is 2. The number of rotatable bonds is 8. The standard InChI is InChI=1S/C25H29F3N6O3S/c1-38(36,37)21-7-5-18(6-8-21)23-24(34(10-9-29)17-31-23)30-16-22(35)33-13-11-32(12-14-33)20-4-2-3-19(15-20)25(26,27)28/h2-7,9,15,17,21,29-30H,8,10-14,16H2,1H3. The summed E-state index contributed by atoms with van der Waals surface area (Å²) in [7, 11) is -3.22. The van der Waals surface area contributed by atoms with E-state index in [0.717, 1.165) is 17.7 Å². The van der Waals surface area contributed by atoms with E-state index in [4.69, 9.17) is 5.41 Å². The minimum Gasteiger partial charge on any atom is -0.368 e. The van der Waals surface area contributed by atoms with Crippen molar-refractivity contribution in [1.29, 1.82) is 5.41 Å². The monoisotopic (exact) mass is 550 g/mol. The van der Waals surface area contributed by atoms with Crippen molar-refractivity contribution in [2.75, 3.05) is 49.2 Å². The molecule has 1 aliphatic heterocycles. The molecule has 9 nitrogen and oxygen atoms in total. The van der Waals surface area contributed by atoms with Crippen molar-refractivity contribution >= 4 is 39.0 Å². The van der Waals surface area contributed by atoms with E-state index in [-0.39, 0.29) is 19.0 Å². The van der Waals surface area contributed by atoms with Crippen LogP contribution in [0.2, 0.25) is 0 Å². The molecular weight excluding hydrogens is 521 g/mol. The van der Waals surface area contributed by atoms with Crippen LogP contribution in [0.25, 0.3) is 5.57 Å². The molecule has 1 atom stereocenters. The summed E-state index contributed by atoms with van der Waals surface area (Å²) in [5, 5.41) is 9.99. The van der Waals surface area contributed by atoms with Crippen molar-refractivity contribution in [3.8, 4) is 0 Å². The highest BCUT2D eigenvalue weighted by Crippen LogP contribution is 2.32. The molecule has 1 amide bonds. The SMILES string of the molecule is CS(=O)(=O)C1C=CC(c2ncn(CC=N)c2NCC(=O)N2CCN(c3cccc(C(F)(F)F)c3)CC2)=CC1. The van der Waals surface area contributed by atoms with Crippen LogP contribution in [0.3, 0.4) is 0 Å². The first kappa shape index (κ1) is 27.4. The van der Waals surface area contributed by atoms with E-state index in [1.165, 1.54) is 18.5 Å². The quantitative estimate of drug-likeness (QED) is 0.489. The van der Waals surface area contributed by atoms with Gasteiger partial charge in [0.05, 0.1) is 30.2 Å². The molecule has 1 aliphatic carbocycles. The molecule has 2 N–H and O–H groups in total. The van der Waals surface area contributed by atoms with Crippen molar-refractivity contribution in [2.24, 2.45) is 0 Å². The second kappa shape index (κ2) is 11.0. The number of carbonyl (C=O) groups excluding carboxylic acids is 1. The zero-order valence-corrected chi connectivity index (χ0v) is 21.6. The van der Waals surface area contributed by atoms with E-state index in [2.05, 4.69) is 10.3 Å². The van der Waals surface area contributed by atoms with E-state index in [9.17, 15) is 26.4 Å². The van der Waals surface area contributed by atoms with Crippen LogP contribution in [0.5, 0.6) is 0 Å². The van der Waals surface area contributed by atoms with E-state index in [0.29, 0.717) is 49.8 Å². The van der Waals surface area contributed by atoms with Crippen molar-refractivity contribution < 1.29 is 26.4 Å². The number of nitrogens with zero attached hydrogens (tertiary/aromatic N) is 4. The first-order chi connectivity index (χ1) is 18.0. The molecule has 4 rings (SSSR count). The van der Waals surface area contributed by atoms with Gasteiger partial charge in [-0.05, 0) is 30.2 Å². The molecule has 2 aromatic rings. The Hall–Kier alpha value is -3.61. The molecule has 0 spiro atoms. The number of hydrogen-bond donors (Lipinski definition) is 2. The molecule has 2 aliphatic rings. The Labute approximate surface area is 219 Å². The van der Waals surface area contributed by atoms with Gasteiger partial charge in [-0.2, -0.15) is 13.2 Å². The molecule has 1 aromatic heterocycles. The first-order valence-corrected chi connectivity index (χ1v) is 14.0. The van der Waals surface area contributed by atoms with Crippen LogP contribution in [-0.4, -0.2) is 79.2 Å². The molecule has 13 heteroatoms. The molecule has 1 unspecified atom stereocenters. The van der Waals surface area contributed by atoms with Gasteiger partial charge in [-0.1, -0.05) is 24.3 Å². The Balaban J connectivity index is 1.39. The lowest BCUT2D eigenvalue weighted by Crippen LogP contribution is -2.50. The normalized spacial score (nSPS) is 18.3. The van der Waals surface area contributed by atoms with Gasteiger partial charge in [0.2, 0.25) is 5.91 Å². The number of halogens is 3.